The monoisotopic (exact) mass is 324 g/mol. The number of nitrogens with one attached hydrogen (secondary N) is 1. The fraction of sp³-hybridized carbons (Fsp3) is 0.647. The standard InChI is InChI=1S/C17H28N4.ClH/c1-4-6-7-8-9-13-14(10-12(3)5-2)21-17(18)16-15(13)19-11-20-16;/h11-12H,4-10H2,1-3H3,(H2,18,21)(H,19,20);1H. The lowest BCUT2D eigenvalue weighted by Crippen LogP contribution is -2.08. The number of aromatic amines is 1. The van der Waals surface area contributed by atoms with Crippen molar-refractivity contribution in [2.45, 2.75) is 65.7 Å². The van der Waals surface area contributed by atoms with Crippen LogP contribution < -0.4 is 5.73 Å². The molecule has 1 unspecified atom stereocenters. The van der Waals surface area contributed by atoms with Crippen molar-refractivity contribution in [3.05, 3.63) is 17.6 Å². The fourth-order valence-corrected chi connectivity index (χ4v) is 2.76. The van der Waals surface area contributed by atoms with E-state index in [9.17, 15) is 0 Å². The van der Waals surface area contributed by atoms with Crippen LogP contribution in [0.25, 0.3) is 11.0 Å². The van der Waals surface area contributed by atoms with Gasteiger partial charge < -0.3 is 10.7 Å². The number of halogens is 1. The number of nitrogens with zero attached hydrogens (tertiary/aromatic N) is 2. The Bertz CT molecular complexity index is 579. The molecule has 0 spiro atoms. The quantitative estimate of drug-likeness (QED) is 0.693. The number of unbranched alkanes of at least 4 members (excludes halogenated alkanes) is 3. The molecule has 4 nitrogen and oxygen atoms in total. The molecule has 0 aromatic carbocycles. The molecule has 2 rings (SSSR count). The molecule has 3 N–H and O–H groups in total. The molecule has 0 fully saturated rings. The summed E-state index contributed by atoms with van der Waals surface area (Å²) in [6.45, 7) is 6.74. The lowest BCUT2D eigenvalue weighted by Gasteiger charge is -2.14. The van der Waals surface area contributed by atoms with Gasteiger partial charge in [0.2, 0.25) is 0 Å². The van der Waals surface area contributed by atoms with Crippen LogP contribution >= 0.6 is 12.4 Å². The number of fused-ring (bicyclic) bond motifs is 1. The highest BCUT2D eigenvalue weighted by atomic mass is 35.5. The summed E-state index contributed by atoms with van der Waals surface area (Å²) in [5.74, 6) is 1.21. The molecular weight excluding hydrogens is 296 g/mol. The van der Waals surface area contributed by atoms with Crippen LogP contribution in [0.4, 0.5) is 5.82 Å². The number of imidazole rings is 1. The van der Waals surface area contributed by atoms with Crippen molar-refractivity contribution in [3.63, 3.8) is 0 Å². The second-order valence-corrected chi connectivity index (χ2v) is 6.08. The summed E-state index contributed by atoms with van der Waals surface area (Å²) >= 11 is 0. The minimum atomic E-state index is 0. The first-order valence-electron chi connectivity index (χ1n) is 8.27. The summed E-state index contributed by atoms with van der Waals surface area (Å²) in [5.41, 5.74) is 10.5. The third-order valence-electron chi connectivity index (χ3n) is 4.30. The van der Waals surface area contributed by atoms with Gasteiger partial charge >= 0.3 is 0 Å². The van der Waals surface area contributed by atoms with Crippen LogP contribution in [-0.4, -0.2) is 15.0 Å². The molecule has 0 amide bonds. The van der Waals surface area contributed by atoms with Gasteiger partial charge in [-0.2, -0.15) is 0 Å². The lowest BCUT2D eigenvalue weighted by atomic mass is 9.95. The third-order valence-corrected chi connectivity index (χ3v) is 4.30. The van der Waals surface area contributed by atoms with E-state index in [1.807, 2.05) is 0 Å². The molecule has 0 saturated carbocycles. The van der Waals surface area contributed by atoms with Crippen LogP contribution in [0.5, 0.6) is 0 Å². The van der Waals surface area contributed by atoms with Gasteiger partial charge in [0, 0.05) is 11.3 Å². The summed E-state index contributed by atoms with van der Waals surface area (Å²) < 4.78 is 0. The first-order chi connectivity index (χ1) is 10.2. The maximum Gasteiger partial charge on any atom is 0.149 e. The van der Waals surface area contributed by atoms with Crippen LogP contribution in [0, 0.1) is 5.92 Å². The SMILES string of the molecule is CCCCCCc1c(CC(C)CC)nc(N)c2[nH]cnc12.Cl. The average Bonchev–Trinajstić information content (AvgIpc) is 2.96. The third kappa shape index (κ3) is 4.35. The average molecular weight is 325 g/mol. The predicted molar refractivity (Wildman–Crippen MR) is 96.6 cm³/mol. The molecule has 0 radical (unpaired) electrons. The molecule has 0 aliphatic rings. The Hall–Kier alpha value is -1.29. The lowest BCUT2D eigenvalue weighted by molar-refractivity contribution is 0.549. The zero-order valence-electron chi connectivity index (χ0n) is 14.0. The maximum atomic E-state index is 6.08. The minimum Gasteiger partial charge on any atom is -0.382 e. The number of anilines is 1. The van der Waals surface area contributed by atoms with Crippen molar-refractivity contribution in [2.75, 3.05) is 5.73 Å². The second-order valence-electron chi connectivity index (χ2n) is 6.08. The fourth-order valence-electron chi connectivity index (χ4n) is 2.76. The van der Waals surface area contributed by atoms with Crippen LogP contribution in [0.2, 0.25) is 0 Å². The number of hydrogen-bond acceptors (Lipinski definition) is 3. The first-order valence-corrected chi connectivity index (χ1v) is 8.27. The molecule has 22 heavy (non-hydrogen) atoms. The maximum absolute atomic E-state index is 6.08. The Balaban J connectivity index is 0.00000242. The number of nitrogens with two attached hydrogens (primary N) is 1. The van der Waals surface area contributed by atoms with E-state index in [1.54, 1.807) is 6.33 Å². The minimum absolute atomic E-state index is 0. The summed E-state index contributed by atoms with van der Waals surface area (Å²) in [4.78, 5) is 12.3. The van der Waals surface area contributed by atoms with E-state index in [1.165, 1.54) is 31.2 Å². The van der Waals surface area contributed by atoms with Crippen LogP contribution in [-0.2, 0) is 12.8 Å². The highest BCUT2D eigenvalue weighted by molar-refractivity contribution is 5.87. The van der Waals surface area contributed by atoms with Crippen molar-refractivity contribution in [3.8, 4) is 0 Å². The number of hydrogen-bond donors (Lipinski definition) is 2. The summed E-state index contributed by atoms with van der Waals surface area (Å²) in [6, 6.07) is 0. The molecule has 2 heterocycles. The predicted octanol–water partition coefficient (Wildman–Crippen LogP) is 4.67. The second kappa shape index (κ2) is 8.99. The van der Waals surface area contributed by atoms with E-state index in [0.717, 1.165) is 36.0 Å². The zero-order valence-corrected chi connectivity index (χ0v) is 14.8. The molecule has 0 aliphatic carbocycles. The molecule has 0 aliphatic heterocycles. The van der Waals surface area contributed by atoms with Crippen LogP contribution in [0.15, 0.2) is 6.33 Å². The van der Waals surface area contributed by atoms with Crippen molar-refractivity contribution in [1.82, 2.24) is 15.0 Å². The molecule has 0 bridgehead atoms. The first kappa shape index (κ1) is 18.8. The molecule has 124 valence electrons. The van der Waals surface area contributed by atoms with Gasteiger partial charge in [-0.15, -0.1) is 12.4 Å². The van der Waals surface area contributed by atoms with Crippen molar-refractivity contribution >= 4 is 29.3 Å². The number of nitrogen functional groups attached to an aromatic ring is 1. The normalized spacial score (nSPS) is 12.3. The van der Waals surface area contributed by atoms with E-state index in [0.29, 0.717) is 11.7 Å². The summed E-state index contributed by atoms with van der Waals surface area (Å²) in [7, 11) is 0. The Morgan fingerprint density at radius 2 is 2.00 bits per heavy atom. The molecule has 2 aromatic heterocycles. The number of aromatic nitrogens is 3. The molecule has 0 saturated heterocycles. The van der Waals surface area contributed by atoms with Gasteiger partial charge in [-0.1, -0.05) is 46.5 Å². The summed E-state index contributed by atoms with van der Waals surface area (Å²) in [6.07, 6.45) is 9.97. The molecule has 1 atom stereocenters. The number of aryl methyl sites for hydroxylation is 1. The zero-order chi connectivity index (χ0) is 15.2. The number of pyridine rings is 1. The van der Waals surface area contributed by atoms with Gasteiger partial charge in [-0.3, -0.25) is 0 Å². The van der Waals surface area contributed by atoms with Crippen LogP contribution in [0.1, 0.15) is 64.1 Å². The highest BCUT2D eigenvalue weighted by Gasteiger charge is 2.16. The van der Waals surface area contributed by atoms with E-state index in [2.05, 4.69) is 35.7 Å². The largest absolute Gasteiger partial charge is 0.382 e. The van der Waals surface area contributed by atoms with Crippen molar-refractivity contribution < 1.29 is 0 Å². The Kier molecular flexibility index (Phi) is 7.66. The Labute approximate surface area is 139 Å². The summed E-state index contributed by atoms with van der Waals surface area (Å²) in [5, 5.41) is 0. The van der Waals surface area contributed by atoms with Crippen molar-refractivity contribution in [1.29, 1.82) is 0 Å². The van der Waals surface area contributed by atoms with Gasteiger partial charge in [0.1, 0.15) is 11.3 Å². The smallest absolute Gasteiger partial charge is 0.149 e. The van der Waals surface area contributed by atoms with Gasteiger partial charge in [0.25, 0.3) is 0 Å². The van der Waals surface area contributed by atoms with Gasteiger partial charge in [-0.05, 0) is 25.2 Å². The van der Waals surface area contributed by atoms with E-state index >= 15 is 0 Å². The van der Waals surface area contributed by atoms with E-state index < -0.39 is 0 Å². The van der Waals surface area contributed by atoms with Gasteiger partial charge in [0.05, 0.1) is 11.8 Å². The Morgan fingerprint density at radius 1 is 1.23 bits per heavy atom. The number of H-pyrrole nitrogens is 1. The molecular formula is C17H29ClN4. The molecule has 2 aromatic rings. The highest BCUT2D eigenvalue weighted by Crippen LogP contribution is 2.26. The van der Waals surface area contributed by atoms with Gasteiger partial charge in [-0.25, -0.2) is 9.97 Å². The molecule has 5 heteroatoms. The van der Waals surface area contributed by atoms with E-state index in [-0.39, 0.29) is 12.4 Å². The number of rotatable bonds is 8. The topological polar surface area (TPSA) is 67.6 Å². The van der Waals surface area contributed by atoms with Crippen LogP contribution in [0.3, 0.4) is 0 Å². The van der Waals surface area contributed by atoms with E-state index in [4.69, 9.17) is 5.73 Å². The van der Waals surface area contributed by atoms with Gasteiger partial charge in [0.15, 0.2) is 0 Å². The van der Waals surface area contributed by atoms with Crippen molar-refractivity contribution in [2.24, 2.45) is 5.92 Å². The Morgan fingerprint density at radius 3 is 2.68 bits per heavy atom.